The van der Waals surface area contributed by atoms with Crippen LogP contribution in [0.5, 0.6) is 5.75 Å². The van der Waals surface area contributed by atoms with Gasteiger partial charge >= 0.3 is 0 Å². The number of rotatable bonds is 5. The molecular formula is C14H16FN3O3. The first-order valence-corrected chi connectivity index (χ1v) is 6.79. The molecule has 2 heterocycles. The fraction of sp³-hybridized carbons (Fsp3) is 0.429. The first-order valence-electron chi connectivity index (χ1n) is 6.79. The van der Waals surface area contributed by atoms with Crippen molar-refractivity contribution in [1.29, 1.82) is 0 Å². The Morgan fingerprint density at radius 3 is 3.05 bits per heavy atom. The molecule has 1 aromatic carbocycles. The SMILES string of the molecule is NC[C@@H]1CCO[C@@H]1c1nc(COc2ccccc2F)no1. The van der Waals surface area contributed by atoms with Crippen molar-refractivity contribution in [3.05, 3.63) is 41.8 Å². The Balaban J connectivity index is 1.64. The number of nitrogens with two attached hydrogens (primary N) is 1. The van der Waals surface area contributed by atoms with Crippen molar-refractivity contribution in [3.8, 4) is 5.75 Å². The molecule has 1 aliphatic rings. The highest BCUT2D eigenvalue weighted by atomic mass is 19.1. The van der Waals surface area contributed by atoms with E-state index in [9.17, 15) is 4.39 Å². The van der Waals surface area contributed by atoms with Gasteiger partial charge in [-0.2, -0.15) is 4.98 Å². The van der Waals surface area contributed by atoms with Gasteiger partial charge in [-0.3, -0.25) is 0 Å². The summed E-state index contributed by atoms with van der Waals surface area (Å²) >= 11 is 0. The topological polar surface area (TPSA) is 83.4 Å². The van der Waals surface area contributed by atoms with Crippen LogP contribution >= 0.6 is 0 Å². The zero-order valence-electron chi connectivity index (χ0n) is 11.4. The number of nitrogens with zero attached hydrogens (tertiary/aromatic N) is 2. The summed E-state index contributed by atoms with van der Waals surface area (Å²) in [6.07, 6.45) is 0.620. The van der Waals surface area contributed by atoms with Crippen molar-refractivity contribution < 1.29 is 18.4 Å². The van der Waals surface area contributed by atoms with Crippen LogP contribution in [-0.2, 0) is 11.3 Å². The van der Waals surface area contributed by atoms with Crippen molar-refractivity contribution in [3.63, 3.8) is 0 Å². The molecule has 0 radical (unpaired) electrons. The molecule has 112 valence electrons. The smallest absolute Gasteiger partial charge is 0.256 e. The summed E-state index contributed by atoms with van der Waals surface area (Å²) in [6, 6.07) is 6.16. The summed E-state index contributed by atoms with van der Waals surface area (Å²) in [5, 5.41) is 3.82. The van der Waals surface area contributed by atoms with E-state index in [4.69, 9.17) is 19.7 Å². The minimum Gasteiger partial charge on any atom is -0.482 e. The number of benzene rings is 1. The fourth-order valence-electron chi connectivity index (χ4n) is 2.29. The van der Waals surface area contributed by atoms with Gasteiger partial charge in [0.1, 0.15) is 6.10 Å². The predicted molar refractivity (Wildman–Crippen MR) is 70.9 cm³/mol. The third-order valence-corrected chi connectivity index (χ3v) is 3.44. The number of hydrogen-bond donors (Lipinski definition) is 1. The molecule has 0 amide bonds. The lowest BCUT2D eigenvalue weighted by Crippen LogP contribution is -2.18. The van der Waals surface area contributed by atoms with Crippen LogP contribution in [0.2, 0.25) is 0 Å². The van der Waals surface area contributed by atoms with Gasteiger partial charge in [0.15, 0.2) is 18.2 Å². The van der Waals surface area contributed by atoms with Gasteiger partial charge in [-0.15, -0.1) is 0 Å². The lowest BCUT2D eigenvalue weighted by molar-refractivity contribution is 0.0642. The Morgan fingerprint density at radius 1 is 1.38 bits per heavy atom. The Morgan fingerprint density at radius 2 is 2.24 bits per heavy atom. The van der Waals surface area contributed by atoms with Crippen molar-refractivity contribution in [2.75, 3.05) is 13.2 Å². The summed E-state index contributed by atoms with van der Waals surface area (Å²) in [4.78, 5) is 4.23. The fourth-order valence-corrected chi connectivity index (χ4v) is 2.29. The lowest BCUT2D eigenvalue weighted by atomic mass is 10.0. The standard InChI is InChI=1S/C14H16FN3O3/c15-10-3-1-2-4-11(10)20-8-12-17-14(21-18-12)13-9(7-16)5-6-19-13/h1-4,9,13H,5-8,16H2/t9-,13-/m0/s1. The minimum absolute atomic E-state index is 0.0322. The van der Waals surface area contributed by atoms with Crippen LogP contribution < -0.4 is 10.5 Å². The van der Waals surface area contributed by atoms with E-state index in [1.54, 1.807) is 18.2 Å². The molecule has 3 rings (SSSR count). The van der Waals surface area contributed by atoms with Crippen molar-refractivity contribution in [2.24, 2.45) is 11.7 Å². The van der Waals surface area contributed by atoms with E-state index in [0.717, 1.165) is 6.42 Å². The maximum atomic E-state index is 13.4. The average molecular weight is 293 g/mol. The second-order valence-corrected chi connectivity index (χ2v) is 4.84. The zero-order valence-corrected chi connectivity index (χ0v) is 11.4. The van der Waals surface area contributed by atoms with Crippen LogP contribution in [0.1, 0.15) is 24.2 Å². The molecule has 2 N–H and O–H groups in total. The summed E-state index contributed by atoms with van der Waals surface area (Å²) < 4.78 is 29.5. The van der Waals surface area contributed by atoms with Crippen LogP contribution in [0, 0.1) is 11.7 Å². The number of ether oxygens (including phenoxy) is 2. The van der Waals surface area contributed by atoms with Gasteiger partial charge in [0, 0.05) is 12.5 Å². The van der Waals surface area contributed by atoms with Crippen LogP contribution in [-0.4, -0.2) is 23.3 Å². The Hall–Kier alpha value is -1.99. The van der Waals surface area contributed by atoms with Gasteiger partial charge in [0.2, 0.25) is 5.82 Å². The van der Waals surface area contributed by atoms with Crippen molar-refractivity contribution >= 4 is 0 Å². The Kier molecular flexibility index (Phi) is 4.12. The minimum atomic E-state index is -0.427. The van der Waals surface area contributed by atoms with Gasteiger partial charge in [0.05, 0.1) is 0 Å². The largest absolute Gasteiger partial charge is 0.482 e. The molecule has 7 heteroatoms. The van der Waals surface area contributed by atoms with Crippen LogP contribution in [0.25, 0.3) is 0 Å². The lowest BCUT2D eigenvalue weighted by Gasteiger charge is -2.11. The molecule has 1 aromatic heterocycles. The predicted octanol–water partition coefficient (Wildman–Crippen LogP) is 1.82. The van der Waals surface area contributed by atoms with Crippen molar-refractivity contribution in [1.82, 2.24) is 10.1 Å². The number of para-hydroxylation sites is 1. The van der Waals surface area contributed by atoms with Gasteiger partial charge in [0.25, 0.3) is 5.89 Å². The van der Waals surface area contributed by atoms with E-state index in [-0.39, 0.29) is 24.4 Å². The molecule has 0 bridgehead atoms. The molecule has 1 aliphatic heterocycles. The van der Waals surface area contributed by atoms with Crippen LogP contribution in [0.15, 0.2) is 28.8 Å². The van der Waals surface area contributed by atoms with E-state index in [1.165, 1.54) is 6.07 Å². The van der Waals surface area contributed by atoms with Crippen LogP contribution in [0.4, 0.5) is 4.39 Å². The average Bonchev–Trinajstić information content (AvgIpc) is 3.14. The first-order chi connectivity index (χ1) is 10.3. The Bertz CT molecular complexity index is 605. The van der Waals surface area contributed by atoms with E-state index >= 15 is 0 Å². The highest BCUT2D eigenvalue weighted by molar-refractivity contribution is 5.23. The molecule has 0 aliphatic carbocycles. The molecule has 2 aromatic rings. The summed E-state index contributed by atoms with van der Waals surface area (Å²) in [6.45, 7) is 1.18. The molecule has 0 saturated carbocycles. The monoisotopic (exact) mass is 293 g/mol. The molecule has 1 fully saturated rings. The van der Waals surface area contributed by atoms with Gasteiger partial charge in [-0.1, -0.05) is 17.3 Å². The highest BCUT2D eigenvalue weighted by Gasteiger charge is 2.33. The summed E-state index contributed by atoms with van der Waals surface area (Å²) in [7, 11) is 0. The number of aromatic nitrogens is 2. The van der Waals surface area contributed by atoms with Crippen LogP contribution in [0.3, 0.4) is 0 Å². The van der Waals surface area contributed by atoms with Gasteiger partial charge in [-0.05, 0) is 25.1 Å². The van der Waals surface area contributed by atoms with Gasteiger partial charge in [-0.25, -0.2) is 4.39 Å². The molecule has 1 saturated heterocycles. The number of halogens is 1. The maximum Gasteiger partial charge on any atom is 0.256 e. The molecular weight excluding hydrogens is 277 g/mol. The van der Waals surface area contributed by atoms with Crippen molar-refractivity contribution in [2.45, 2.75) is 19.1 Å². The Labute approximate surface area is 121 Å². The third-order valence-electron chi connectivity index (χ3n) is 3.44. The second kappa shape index (κ2) is 6.19. The molecule has 2 atom stereocenters. The third kappa shape index (κ3) is 3.03. The highest BCUT2D eigenvalue weighted by Crippen LogP contribution is 2.32. The summed E-state index contributed by atoms with van der Waals surface area (Å²) in [5.74, 6) is 0.657. The van der Waals surface area contributed by atoms with Gasteiger partial charge < -0.3 is 19.7 Å². The van der Waals surface area contributed by atoms with E-state index in [1.807, 2.05) is 0 Å². The first kappa shape index (κ1) is 14.0. The quantitative estimate of drug-likeness (QED) is 0.905. The van der Waals surface area contributed by atoms with E-state index in [0.29, 0.717) is 24.9 Å². The molecule has 0 spiro atoms. The molecule has 6 nitrogen and oxygen atoms in total. The van der Waals surface area contributed by atoms with E-state index in [2.05, 4.69) is 10.1 Å². The van der Waals surface area contributed by atoms with E-state index < -0.39 is 5.82 Å². The zero-order chi connectivity index (χ0) is 14.7. The molecule has 0 unspecified atom stereocenters. The normalized spacial score (nSPS) is 21.6. The second-order valence-electron chi connectivity index (χ2n) is 4.84. The summed E-state index contributed by atoms with van der Waals surface area (Å²) in [5.41, 5.74) is 5.68. The molecule has 21 heavy (non-hydrogen) atoms. The maximum absolute atomic E-state index is 13.4. The number of hydrogen-bond acceptors (Lipinski definition) is 6.